The lowest BCUT2D eigenvalue weighted by atomic mass is 9.64. The summed E-state index contributed by atoms with van der Waals surface area (Å²) in [6.07, 6.45) is 2.12. The van der Waals surface area contributed by atoms with E-state index in [0.29, 0.717) is 31.9 Å². The molecule has 100 valence electrons. The first-order valence-corrected chi connectivity index (χ1v) is 6.63. The minimum atomic E-state index is -0.660. The second-order valence-electron chi connectivity index (χ2n) is 5.96. The van der Waals surface area contributed by atoms with Crippen molar-refractivity contribution in [2.45, 2.75) is 51.4 Å². The fourth-order valence-electron chi connectivity index (χ4n) is 2.76. The van der Waals surface area contributed by atoms with Crippen molar-refractivity contribution in [1.29, 1.82) is 0 Å². The highest BCUT2D eigenvalue weighted by Crippen LogP contribution is 2.42. The standard InChI is InChI=1S/C13H25NO3/c1-4-17-11-7-10(12(11,2)3)14-8-13(15)5-6-16-9-13/h10-11,14-15H,4-9H2,1-3H3. The average molecular weight is 243 g/mol. The van der Waals surface area contributed by atoms with E-state index in [0.717, 1.165) is 19.4 Å². The first-order chi connectivity index (χ1) is 7.98. The smallest absolute Gasteiger partial charge is 0.102 e. The van der Waals surface area contributed by atoms with E-state index in [2.05, 4.69) is 19.2 Å². The summed E-state index contributed by atoms with van der Waals surface area (Å²) < 4.78 is 10.9. The van der Waals surface area contributed by atoms with Crippen LogP contribution < -0.4 is 5.32 Å². The fourth-order valence-corrected chi connectivity index (χ4v) is 2.76. The van der Waals surface area contributed by atoms with E-state index in [1.54, 1.807) is 0 Å². The molecule has 2 N–H and O–H groups in total. The predicted molar refractivity (Wildman–Crippen MR) is 66.0 cm³/mol. The van der Waals surface area contributed by atoms with E-state index in [1.165, 1.54) is 0 Å². The Kier molecular flexibility index (Phi) is 3.78. The lowest BCUT2D eigenvalue weighted by Crippen LogP contribution is -2.63. The van der Waals surface area contributed by atoms with E-state index >= 15 is 0 Å². The van der Waals surface area contributed by atoms with Gasteiger partial charge in [-0.2, -0.15) is 0 Å². The summed E-state index contributed by atoms with van der Waals surface area (Å²) in [6, 6.07) is 0.434. The largest absolute Gasteiger partial charge is 0.386 e. The van der Waals surface area contributed by atoms with Gasteiger partial charge in [-0.05, 0) is 13.3 Å². The molecule has 1 heterocycles. The van der Waals surface area contributed by atoms with Crippen LogP contribution >= 0.6 is 0 Å². The highest BCUT2D eigenvalue weighted by molar-refractivity contribution is 5.03. The Bertz CT molecular complexity index is 261. The molecule has 4 heteroatoms. The molecule has 0 aromatic carbocycles. The van der Waals surface area contributed by atoms with Gasteiger partial charge in [0.05, 0.1) is 12.7 Å². The number of hydrogen-bond acceptors (Lipinski definition) is 4. The Hall–Kier alpha value is -0.160. The molecule has 1 saturated carbocycles. The van der Waals surface area contributed by atoms with E-state index < -0.39 is 5.60 Å². The summed E-state index contributed by atoms with van der Waals surface area (Å²) in [7, 11) is 0. The maximum absolute atomic E-state index is 10.2. The minimum Gasteiger partial charge on any atom is -0.386 e. The summed E-state index contributed by atoms with van der Waals surface area (Å²) in [4.78, 5) is 0. The molecule has 0 spiro atoms. The van der Waals surface area contributed by atoms with Crippen LogP contribution in [0.25, 0.3) is 0 Å². The highest BCUT2D eigenvalue weighted by atomic mass is 16.5. The van der Waals surface area contributed by atoms with Gasteiger partial charge in [-0.1, -0.05) is 13.8 Å². The zero-order valence-electron chi connectivity index (χ0n) is 11.2. The topological polar surface area (TPSA) is 50.7 Å². The molecule has 1 aliphatic heterocycles. The van der Waals surface area contributed by atoms with Crippen molar-refractivity contribution in [3.63, 3.8) is 0 Å². The van der Waals surface area contributed by atoms with Crippen LogP contribution in [0.3, 0.4) is 0 Å². The Morgan fingerprint density at radius 1 is 1.47 bits per heavy atom. The molecule has 4 nitrogen and oxygen atoms in total. The van der Waals surface area contributed by atoms with Gasteiger partial charge in [0.1, 0.15) is 5.60 Å². The zero-order chi connectivity index (χ0) is 12.5. The highest BCUT2D eigenvalue weighted by Gasteiger charge is 2.49. The number of aliphatic hydroxyl groups is 1. The molecule has 17 heavy (non-hydrogen) atoms. The van der Waals surface area contributed by atoms with Crippen LogP contribution in [0, 0.1) is 5.41 Å². The van der Waals surface area contributed by atoms with Crippen molar-refractivity contribution < 1.29 is 14.6 Å². The molecule has 2 rings (SSSR count). The van der Waals surface area contributed by atoms with Gasteiger partial charge in [0.2, 0.25) is 0 Å². The van der Waals surface area contributed by atoms with Crippen molar-refractivity contribution in [2.75, 3.05) is 26.4 Å². The number of hydrogen-bond donors (Lipinski definition) is 2. The van der Waals surface area contributed by atoms with Crippen LogP contribution in [-0.2, 0) is 9.47 Å². The van der Waals surface area contributed by atoms with Gasteiger partial charge in [0.15, 0.2) is 0 Å². The zero-order valence-corrected chi connectivity index (χ0v) is 11.2. The van der Waals surface area contributed by atoms with Crippen LogP contribution in [0.2, 0.25) is 0 Å². The molecule has 1 saturated heterocycles. The van der Waals surface area contributed by atoms with Crippen LogP contribution in [0.1, 0.15) is 33.6 Å². The number of nitrogens with one attached hydrogen (secondary N) is 1. The summed E-state index contributed by atoms with van der Waals surface area (Å²) in [5.74, 6) is 0. The minimum absolute atomic E-state index is 0.159. The van der Waals surface area contributed by atoms with Crippen LogP contribution in [0.4, 0.5) is 0 Å². The molecule has 0 radical (unpaired) electrons. The molecule has 0 bridgehead atoms. The molecular formula is C13H25NO3. The van der Waals surface area contributed by atoms with Crippen molar-refractivity contribution in [2.24, 2.45) is 5.41 Å². The molecule has 0 aromatic heterocycles. The van der Waals surface area contributed by atoms with E-state index in [-0.39, 0.29) is 5.41 Å². The summed E-state index contributed by atoms with van der Waals surface area (Å²) in [5.41, 5.74) is -0.501. The fraction of sp³-hybridized carbons (Fsp3) is 1.00. The quantitative estimate of drug-likeness (QED) is 0.754. The van der Waals surface area contributed by atoms with Crippen molar-refractivity contribution in [1.82, 2.24) is 5.32 Å². The first-order valence-electron chi connectivity index (χ1n) is 6.63. The SMILES string of the molecule is CCOC1CC(NCC2(O)CCOC2)C1(C)C. The van der Waals surface area contributed by atoms with Gasteiger partial charge in [-0.3, -0.25) is 0 Å². The molecule has 1 aliphatic carbocycles. The van der Waals surface area contributed by atoms with Gasteiger partial charge >= 0.3 is 0 Å². The first kappa shape index (κ1) is 13.3. The van der Waals surface area contributed by atoms with Gasteiger partial charge < -0.3 is 19.9 Å². The second-order valence-corrected chi connectivity index (χ2v) is 5.96. The summed E-state index contributed by atoms with van der Waals surface area (Å²) in [5, 5.41) is 13.7. The Labute approximate surface area is 104 Å². The van der Waals surface area contributed by atoms with Crippen LogP contribution in [0.15, 0.2) is 0 Å². The van der Waals surface area contributed by atoms with Gasteiger partial charge in [-0.15, -0.1) is 0 Å². The monoisotopic (exact) mass is 243 g/mol. The van der Waals surface area contributed by atoms with Crippen molar-refractivity contribution in [3.05, 3.63) is 0 Å². The number of ether oxygens (including phenoxy) is 2. The van der Waals surface area contributed by atoms with Crippen molar-refractivity contribution >= 4 is 0 Å². The van der Waals surface area contributed by atoms with Crippen LogP contribution in [-0.4, -0.2) is 49.2 Å². The molecule has 2 aliphatic rings. The van der Waals surface area contributed by atoms with Gasteiger partial charge in [-0.25, -0.2) is 0 Å². The summed E-state index contributed by atoms with van der Waals surface area (Å²) in [6.45, 7) is 9.02. The normalized spacial score (nSPS) is 40.2. The van der Waals surface area contributed by atoms with E-state index in [4.69, 9.17) is 9.47 Å². The maximum atomic E-state index is 10.2. The Balaban J connectivity index is 1.78. The maximum Gasteiger partial charge on any atom is 0.102 e. The summed E-state index contributed by atoms with van der Waals surface area (Å²) >= 11 is 0. The number of rotatable bonds is 5. The molecule has 3 unspecified atom stereocenters. The Morgan fingerprint density at radius 3 is 2.76 bits per heavy atom. The second kappa shape index (κ2) is 4.84. The van der Waals surface area contributed by atoms with Crippen LogP contribution in [0.5, 0.6) is 0 Å². The Morgan fingerprint density at radius 2 is 2.24 bits per heavy atom. The molecule has 3 atom stereocenters. The predicted octanol–water partition coefficient (Wildman–Crippen LogP) is 0.931. The third kappa shape index (κ3) is 2.65. The lowest BCUT2D eigenvalue weighted by Gasteiger charge is -2.52. The van der Waals surface area contributed by atoms with Gasteiger partial charge in [0.25, 0.3) is 0 Å². The molecule has 0 amide bonds. The van der Waals surface area contributed by atoms with E-state index in [9.17, 15) is 5.11 Å². The third-order valence-electron chi connectivity index (χ3n) is 4.31. The molecule has 2 fully saturated rings. The van der Waals surface area contributed by atoms with Gasteiger partial charge in [0, 0.05) is 37.6 Å². The van der Waals surface area contributed by atoms with E-state index in [1.807, 2.05) is 6.92 Å². The van der Waals surface area contributed by atoms with Crippen molar-refractivity contribution in [3.8, 4) is 0 Å². The third-order valence-corrected chi connectivity index (χ3v) is 4.31. The molecule has 0 aromatic rings. The lowest BCUT2D eigenvalue weighted by molar-refractivity contribution is -0.118. The molecular weight excluding hydrogens is 218 g/mol. The average Bonchev–Trinajstić information content (AvgIpc) is 2.70.